The van der Waals surface area contributed by atoms with Gasteiger partial charge in [-0.2, -0.15) is 0 Å². The molecule has 0 radical (unpaired) electrons. The smallest absolute Gasteiger partial charge is 0.255 e. The van der Waals surface area contributed by atoms with Crippen molar-refractivity contribution < 1.29 is 9.59 Å². The molecule has 0 saturated carbocycles. The molecular formula is C19H28N4O2. The first kappa shape index (κ1) is 20.6. The van der Waals surface area contributed by atoms with Crippen molar-refractivity contribution in [3.05, 3.63) is 47.9 Å². The number of carbonyl (C=O) groups excluding carboxylic acids is 2. The van der Waals surface area contributed by atoms with E-state index in [-0.39, 0.29) is 12.5 Å². The summed E-state index contributed by atoms with van der Waals surface area (Å²) in [5.74, 6) is -0.0589. The molecule has 0 atom stereocenters. The van der Waals surface area contributed by atoms with Crippen LogP contribution >= 0.6 is 0 Å². The molecule has 0 aliphatic heterocycles. The van der Waals surface area contributed by atoms with Crippen LogP contribution in [-0.2, 0) is 9.59 Å². The fourth-order valence-electron chi connectivity index (χ4n) is 2.21. The van der Waals surface area contributed by atoms with E-state index in [2.05, 4.69) is 28.4 Å². The Morgan fingerprint density at radius 3 is 2.84 bits per heavy atom. The Bertz CT molecular complexity index is 599. The molecule has 1 aromatic rings. The normalized spacial score (nSPS) is 11.0. The van der Waals surface area contributed by atoms with Crippen LogP contribution in [0.2, 0.25) is 0 Å². The molecule has 1 aromatic heterocycles. The van der Waals surface area contributed by atoms with E-state index in [0.717, 1.165) is 35.8 Å². The van der Waals surface area contributed by atoms with Crippen molar-refractivity contribution in [1.82, 2.24) is 20.7 Å². The number of aldehydes is 1. The van der Waals surface area contributed by atoms with E-state index in [1.165, 1.54) is 6.20 Å². The second-order valence-corrected chi connectivity index (χ2v) is 5.85. The summed E-state index contributed by atoms with van der Waals surface area (Å²) in [6, 6.07) is 1.97. The van der Waals surface area contributed by atoms with Gasteiger partial charge in [0.05, 0.1) is 6.54 Å². The van der Waals surface area contributed by atoms with E-state index < -0.39 is 0 Å². The van der Waals surface area contributed by atoms with Crippen molar-refractivity contribution in [1.29, 1.82) is 0 Å². The van der Waals surface area contributed by atoms with Crippen LogP contribution in [0.5, 0.6) is 0 Å². The summed E-state index contributed by atoms with van der Waals surface area (Å²) in [5, 5.41) is 4.42. The molecule has 6 nitrogen and oxygen atoms in total. The third-order valence-electron chi connectivity index (χ3n) is 3.68. The molecule has 0 aromatic carbocycles. The number of aryl methyl sites for hydroxylation is 1. The zero-order chi connectivity index (χ0) is 18.5. The minimum atomic E-state index is -0.0589. The maximum atomic E-state index is 12.2. The number of pyridine rings is 1. The number of nitrogens with one attached hydrogen (secondary N) is 2. The molecule has 25 heavy (non-hydrogen) atoms. The second kappa shape index (κ2) is 12.0. The average Bonchev–Trinajstić information content (AvgIpc) is 2.61. The highest BCUT2D eigenvalue weighted by atomic mass is 16.2. The predicted octanol–water partition coefficient (Wildman–Crippen LogP) is 2.23. The first-order valence-electron chi connectivity index (χ1n) is 8.48. The molecule has 1 rings (SSSR count). The summed E-state index contributed by atoms with van der Waals surface area (Å²) in [6.45, 7) is 8.91. The van der Waals surface area contributed by atoms with Crippen molar-refractivity contribution in [3.8, 4) is 0 Å². The lowest BCUT2D eigenvalue weighted by Gasteiger charge is -2.24. The number of unbranched alkanes of at least 4 members (excludes halogenated alkanes) is 2. The summed E-state index contributed by atoms with van der Waals surface area (Å²) < 4.78 is 0. The standard InChI is InChI=1S/C19H28N4O2/c1-4-20-15-19(25)23(10-6-5-7-11-24)22-13-16(2)12-18-14-21-9-8-17(18)3/h4,8-9,11-12,14,20,22H,1,5-7,10,13,15H2,2-3H3/b16-12+. The number of nitrogens with zero attached hydrogens (tertiary/aromatic N) is 2. The van der Waals surface area contributed by atoms with E-state index in [9.17, 15) is 9.59 Å². The second-order valence-electron chi connectivity index (χ2n) is 5.85. The third kappa shape index (κ3) is 8.26. The zero-order valence-corrected chi connectivity index (χ0v) is 15.1. The van der Waals surface area contributed by atoms with Crippen molar-refractivity contribution in [2.45, 2.75) is 33.1 Å². The number of hydrogen-bond donors (Lipinski definition) is 2. The summed E-state index contributed by atoms with van der Waals surface area (Å²) in [7, 11) is 0. The molecule has 0 aliphatic carbocycles. The molecule has 1 heterocycles. The highest BCUT2D eigenvalue weighted by molar-refractivity contribution is 5.77. The van der Waals surface area contributed by atoms with E-state index in [4.69, 9.17) is 0 Å². The van der Waals surface area contributed by atoms with Gasteiger partial charge in [0.15, 0.2) is 0 Å². The summed E-state index contributed by atoms with van der Waals surface area (Å²) in [4.78, 5) is 26.8. The Labute approximate surface area is 150 Å². The number of aromatic nitrogens is 1. The maximum absolute atomic E-state index is 12.2. The highest BCUT2D eigenvalue weighted by Crippen LogP contribution is 2.10. The van der Waals surface area contributed by atoms with Gasteiger partial charge in [-0.3, -0.25) is 14.8 Å². The zero-order valence-electron chi connectivity index (χ0n) is 15.1. The Kier molecular flexibility index (Phi) is 9.85. The predicted molar refractivity (Wildman–Crippen MR) is 100 cm³/mol. The van der Waals surface area contributed by atoms with Crippen molar-refractivity contribution in [2.24, 2.45) is 0 Å². The number of carbonyl (C=O) groups is 2. The van der Waals surface area contributed by atoms with Crippen molar-refractivity contribution >= 4 is 18.3 Å². The fourth-order valence-corrected chi connectivity index (χ4v) is 2.21. The Morgan fingerprint density at radius 2 is 2.16 bits per heavy atom. The lowest BCUT2D eigenvalue weighted by molar-refractivity contribution is -0.133. The van der Waals surface area contributed by atoms with Gasteiger partial charge < -0.3 is 10.1 Å². The summed E-state index contributed by atoms with van der Waals surface area (Å²) in [5.41, 5.74) is 6.50. The van der Waals surface area contributed by atoms with Crippen LogP contribution in [-0.4, -0.2) is 41.8 Å². The van der Waals surface area contributed by atoms with Crippen LogP contribution < -0.4 is 10.7 Å². The van der Waals surface area contributed by atoms with Gasteiger partial charge in [-0.25, -0.2) is 5.43 Å². The molecule has 0 unspecified atom stereocenters. The largest absolute Gasteiger partial charge is 0.383 e. The molecule has 0 bridgehead atoms. The lowest BCUT2D eigenvalue weighted by atomic mass is 10.1. The third-order valence-corrected chi connectivity index (χ3v) is 3.68. The molecule has 0 spiro atoms. The van der Waals surface area contributed by atoms with Gasteiger partial charge in [0.2, 0.25) is 0 Å². The molecule has 1 amide bonds. The van der Waals surface area contributed by atoms with Gasteiger partial charge in [-0.15, -0.1) is 0 Å². The fraction of sp³-hybridized carbons (Fsp3) is 0.421. The average molecular weight is 344 g/mol. The Hall–Kier alpha value is -2.47. The summed E-state index contributed by atoms with van der Waals surface area (Å²) in [6.07, 6.45) is 10.1. The van der Waals surface area contributed by atoms with E-state index in [1.54, 1.807) is 11.2 Å². The molecular weight excluding hydrogens is 316 g/mol. The highest BCUT2D eigenvalue weighted by Gasteiger charge is 2.12. The van der Waals surface area contributed by atoms with Crippen LogP contribution in [0, 0.1) is 6.92 Å². The minimum absolute atomic E-state index is 0.0589. The molecule has 6 heteroatoms. The summed E-state index contributed by atoms with van der Waals surface area (Å²) >= 11 is 0. The van der Waals surface area contributed by atoms with Crippen LogP contribution in [0.15, 0.2) is 36.8 Å². The van der Waals surface area contributed by atoms with Gasteiger partial charge in [-0.05, 0) is 50.1 Å². The lowest BCUT2D eigenvalue weighted by Crippen LogP contribution is -2.47. The first-order valence-corrected chi connectivity index (χ1v) is 8.48. The number of hydrogen-bond acceptors (Lipinski definition) is 5. The van der Waals surface area contributed by atoms with Gasteiger partial charge in [0, 0.05) is 31.9 Å². The molecule has 2 N–H and O–H groups in total. The first-order chi connectivity index (χ1) is 12.1. The quantitative estimate of drug-likeness (QED) is 0.345. The van der Waals surface area contributed by atoms with Crippen molar-refractivity contribution in [3.63, 3.8) is 0 Å². The van der Waals surface area contributed by atoms with Crippen LogP contribution in [0.25, 0.3) is 6.08 Å². The minimum Gasteiger partial charge on any atom is -0.383 e. The Balaban J connectivity index is 2.62. The van der Waals surface area contributed by atoms with Crippen LogP contribution in [0.4, 0.5) is 0 Å². The maximum Gasteiger partial charge on any atom is 0.255 e. The topological polar surface area (TPSA) is 74.3 Å². The van der Waals surface area contributed by atoms with Crippen LogP contribution in [0.1, 0.15) is 37.3 Å². The number of amides is 1. The SMILES string of the molecule is C=CNCC(=O)N(CCCCC=O)NC/C(C)=C/c1cnccc1C. The monoisotopic (exact) mass is 344 g/mol. The number of rotatable bonds is 12. The van der Waals surface area contributed by atoms with Gasteiger partial charge >= 0.3 is 0 Å². The number of hydrazine groups is 1. The van der Waals surface area contributed by atoms with Gasteiger partial charge in [0.25, 0.3) is 5.91 Å². The van der Waals surface area contributed by atoms with Gasteiger partial charge in [0.1, 0.15) is 6.29 Å². The molecule has 0 fully saturated rings. The molecule has 136 valence electrons. The van der Waals surface area contributed by atoms with Crippen LogP contribution in [0.3, 0.4) is 0 Å². The van der Waals surface area contributed by atoms with Crippen molar-refractivity contribution in [2.75, 3.05) is 19.6 Å². The molecule has 0 saturated heterocycles. The Morgan fingerprint density at radius 1 is 1.36 bits per heavy atom. The molecule has 0 aliphatic rings. The van der Waals surface area contributed by atoms with Gasteiger partial charge in [-0.1, -0.05) is 18.2 Å². The van der Waals surface area contributed by atoms with E-state index in [0.29, 0.717) is 19.5 Å². The van der Waals surface area contributed by atoms with E-state index >= 15 is 0 Å². The van der Waals surface area contributed by atoms with E-state index in [1.807, 2.05) is 26.1 Å².